The van der Waals surface area contributed by atoms with Crippen molar-refractivity contribution in [3.8, 4) is 11.8 Å². The fourth-order valence-electron chi connectivity index (χ4n) is 4.36. The quantitative estimate of drug-likeness (QED) is 0.333. The number of fused-ring (bicyclic) bond motifs is 1. The van der Waals surface area contributed by atoms with E-state index in [0.717, 1.165) is 25.7 Å². The third-order valence-corrected chi connectivity index (χ3v) is 6.26. The summed E-state index contributed by atoms with van der Waals surface area (Å²) in [7, 11) is 0. The van der Waals surface area contributed by atoms with Crippen LogP contribution in [0.2, 0.25) is 0 Å². The molecule has 0 radical (unpaired) electrons. The number of ether oxygens (including phenoxy) is 1. The average Bonchev–Trinajstić information content (AvgIpc) is 3.23. The Balaban J connectivity index is 2.05. The normalized spacial score (nSPS) is 22.7. The molecule has 9 nitrogen and oxygen atoms in total. The summed E-state index contributed by atoms with van der Waals surface area (Å²) in [6, 6.07) is 0.215. The molecule has 0 spiro atoms. The van der Waals surface area contributed by atoms with Crippen LogP contribution in [0.5, 0.6) is 0 Å². The zero-order valence-corrected chi connectivity index (χ0v) is 20.1. The SMILES string of the molecule is CCC(CC)Nc1nc(C#C[C@]2(O)CCC[C@@H](C)C2)nc2c1ncn2[C@@H](CC)OC(O)CO. The van der Waals surface area contributed by atoms with Crippen molar-refractivity contribution >= 4 is 17.0 Å². The highest BCUT2D eigenvalue weighted by Crippen LogP contribution is 2.32. The van der Waals surface area contributed by atoms with E-state index in [2.05, 4.69) is 52.9 Å². The van der Waals surface area contributed by atoms with E-state index in [4.69, 9.17) is 4.74 Å². The second-order valence-corrected chi connectivity index (χ2v) is 9.00. The van der Waals surface area contributed by atoms with Gasteiger partial charge in [-0.15, -0.1) is 0 Å². The Bertz CT molecular complexity index is 980. The van der Waals surface area contributed by atoms with E-state index in [-0.39, 0.29) is 6.04 Å². The summed E-state index contributed by atoms with van der Waals surface area (Å²) < 4.78 is 7.28. The Morgan fingerprint density at radius 2 is 2.03 bits per heavy atom. The molecule has 0 amide bonds. The molecule has 0 aliphatic heterocycles. The van der Waals surface area contributed by atoms with Gasteiger partial charge in [-0.1, -0.05) is 40.0 Å². The number of hydrogen-bond acceptors (Lipinski definition) is 8. The highest BCUT2D eigenvalue weighted by Gasteiger charge is 2.31. The van der Waals surface area contributed by atoms with Crippen molar-refractivity contribution in [2.24, 2.45) is 5.92 Å². The second-order valence-electron chi connectivity index (χ2n) is 9.00. The molecule has 4 N–H and O–H groups in total. The van der Waals surface area contributed by atoms with Gasteiger partial charge in [0.25, 0.3) is 0 Å². The molecule has 9 heteroatoms. The van der Waals surface area contributed by atoms with Crippen LogP contribution in [0.3, 0.4) is 0 Å². The van der Waals surface area contributed by atoms with Gasteiger partial charge in [-0.2, -0.15) is 0 Å². The number of rotatable bonds is 9. The summed E-state index contributed by atoms with van der Waals surface area (Å²) in [5.74, 6) is 7.34. The molecule has 2 heterocycles. The fraction of sp³-hybridized carbons (Fsp3) is 0.708. The Morgan fingerprint density at radius 1 is 1.27 bits per heavy atom. The van der Waals surface area contributed by atoms with Gasteiger partial charge in [0.05, 0.1) is 12.9 Å². The Morgan fingerprint density at radius 3 is 2.67 bits per heavy atom. The summed E-state index contributed by atoms with van der Waals surface area (Å²) >= 11 is 0. The van der Waals surface area contributed by atoms with Crippen LogP contribution >= 0.6 is 0 Å². The highest BCUT2D eigenvalue weighted by atomic mass is 16.6. The van der Waals surface area contributed by atoms with Gasteiger partial charge in [0.1, 0.15) is 11.8 Å². The molecular weight excluding hydrogens is 422 g/mol. The van der Waals surface area contributed by atoms with E-state index in [9.17, 15) is 15.3 Å². The minimum absolute atomic E-state index is 0.215. The van der Waals surface area contributed by atoms with Crippen LogP contribution < -0.4 is 5.32 Å². The van der Waals surface area contributed by atoms with Gasteiger partial charge in [0.2, 0.25) is 5.82 Å². The second kappa shape index (κ2) is 11.3. The minimum atomic E-state index is -1.31. The van der Waals surface area contributed by atoms with E-state index in [0.29, 0.717) is 48.0 Å². The predicted octanol–water partition coefficient (Wildman–Crippen LogP) is 2.96. The van der Waals surface area contributed by atoms with Gasteiger partial charge in [-0.3, -0.25) is 4.57 Å². The zero-order chi connectivity index (χ0) is 24.0. The first-order valence-corrected chi connectivity index (χ1v) is 12.0. The monoisotopic (exact) mass is 459 g/mol. The third kappa shape index (κ3) is 6.21. The third-order valence-electron chi connectivity index (χ3n) is 6.26. The van der Waals surface area contributed by atoms with Gasteiger partial charge in [0.15, 0.2) is 23.3 Å². The summed E-state index contributed by atoms with van der Waals surface area (Å²) in [5, 5.41) is 33.4. The number of imidazole rings is 1. The summed E-state index contributed by atoms with van der Waals surface area (Å²) in [6.45, 7) is 7.75. The number of anilines is 1. The Hall–Kier alpha value is -2.25. The van der Waals surface area contributed by atoms with Crippen LogP contribution in [0.4, 0.5) is 5.82 Å². The van der Waals surface area contributed by atoms with E-state index in [1.54, 1.807) is 10.9 Å². The van der Waals surface area contributed by atoms with Crippen LogP contribution in [-0.4, -0.2) is 59.4 Å². The van der Waals surface area contributed by atoms with E-state index >= 15 is 0 Å². The first-order chi connectivity index (χ1) is 15.8. The van der Waals surface area contributed by atoms with Crippen molar-refractivity contribution in [2.75, 3.05) is 11.9 Å². The molecule has 2 aromatic heterocycles. The molecule has 1 saturated carbocycles. The van der Waals surface area contributed by atoms with Crippen molar-refractivity contribution in [3.63, 3.8) is 0 Å². The lowest BCUT2D eigenvalue weighted by Gasteiger charge is -2.30. The number of nitrogens with zero attached hydrogens (tertiary/aromatic N) is 4. The standard InChI is InChI=1S/C24H37N5O4/c1-5-17(6-2)26-22-21-23(29(15-25-21)19(7-3)33-20(31)14-30)28-18(27-22)10-12-24(32)11-8-9-16(4)13-24/h15-17,19-20,30-32H,5-9,11,13-14H2,1-4H3,(H,26,27,28)/t16-,19-,20?,24-/m1/s1. The van der Waals surface area contributed by atoms with Gasteiger partial charge in [0, 0.05) is 6.04 Å². The number of aliphatic hydroxyl groups excluding tert-OH is 2. The molecular formula is C24H37N5O4. The molecule has 0 saturated heterocycles. The molecule has 1 aliphatic rings. The van der Waals surface area contributed by atoms with Crippen molar-refractivity contribution in [2.45, 2.75) is 96.8 Å². The lowest BCUT2D eigenvalue weighted by Crippen LogP contribution is -2.32. The summed E-state index contributed by atoms with van der Waals surface area (Å²) in [5.41, 5.74) is 0.0705. The maximum atomic E-state index is 10.9. The lowest BCUT2D eigenvalue weighted by molar-refractivity contribution is -0.177. The van der Waals surface area contributed by atoms with E-state index in [1.165, 1.54) is 0 Å². The maximum Gasteiger partial charge on any atom is 0.209 e. The first-order valence-electron chi connectivity index (χ1n) is 12.0. The van der Waals surface area contributed by atoms with Crippen LogP contribution in [0.1, 0.15) is 84.7 Å². The first kappa shape index (κ1) is 25.4. The smallest absolute Gasteiger partial charge is 0.209 e. The number of hydrogen-bond donors (Lipinski definition) is 4. The topological polar surface area (TPSA) is 126 Å². The van der Waals surface area contributed by atoms with Gasteiger partial charge >= 0.3 is 0 Å². The van der Waals surface area contributed by atoms with Crippen molar-refractivity contribution in [3.05, 3.63) is 12.2 Å². The van der Waals surface area contributed by atoms with Crippen LogP contribution in [0.25, 0.3) is 11.2 Å². The highest BCUT2D eigenvalue weighted by molar-refractivity contribution is 5.83. The molecule has 1 fully saturated rings. The molecule has 182 valence electrons. The Kier molecular flexibility index (Phi) is 8.65. The molecule has 2 aromatic rings. The minimum Gasteiger partial charge on any atom is -0.391 e. The lowest BCUT2D eigenvalue weighted by atomic mass is 9.79. The number of aliphatic hydroxyl groups is 3. The van der Waals surface area contributed by atoms with E-state index < -0.39 is 24.7 Å². The molecule has 3 rings (SSSR count). The van der Waals surface area contributed by atoms with E-state index in [1.807, 2.05) is 6.92 Å². The summed E-state index contributed by atoms with van der Waals surface area (Å²) in [6.07, 6.45) is 5.43. The fourth-order valence-corrected chi connectivity index (χ4v) is 4.36. The molecule has 33 heavy (non-hydrogen) atoms. The zero-order valence-electron chi connectivity index (χ0n) is 20.1. The average molecular weight is 460 g/mol. The molecule has 1 aliphatic carbocycles. The molecule has 1 unspecified atom stereocenters. The molecule has 0 aromatic carbocycles. The molecule has 4 atom stereocenters. The van der Waals surface area contributed by atoms with Gasteiger partial charge in [-0.25, -0.2) is 15.0 Å². The van der Waals surface area contributed by atoms with Crippen LogP contribution in [0.15, 0.2) is 6.33 Å². The summed E-state index contributed by atoms with van der Waals surface area (Å²) in [4.78, 5) is 13.8. The van der Waals surface area contributed by atoms with Gasteiger partial charge < -0.3 is 25.4 Å². The van der Waals surface area contributed by atoms with Crippen LogP contribution in [0, 0.1) is 17.8 Å². The van der Waals surface area contributed by atoms with Gasteiger partial charge in [-0.05, 0) is 50.4 Å². The van der Waals surface area contributed by atoms with Crippen molar-refractivity contribution in [1.29, 1.82) is 0 Å². The predicted molar refractivity (Wildman–Crippen MR) is 126 cm³/mol. The molecule has 0 bridgehead atoms. The number of aromatic nitrogens is 4. The number of nitrogens with one attached hydrogen (secondary N) is 1. The van der Waals surface area contributed by atoms with Crippen molar-refractivity contribution in [1.82, 2.24) is 19.5 Å². The Labute approximate surface area is 195 Å². The van der Waals surface area contributed by atoms with Crippen molar-refractivity contribution < 1.29 is 20.1 Å². The maximum absolute atomic E-state index is 10.9. The van der Waals surface area contributed by atoms with Crippen LogP contribution in [-0.2, 0) is 4.74 Å². The largest absolute Gasteiger partial charge is 0.391 e.